The molecular weight excluding hydrogens is 268 g/mol. The van der Waals surface area contributed by atoms with Gasteiger partial charge in [0.25, 0.3) is 0 Å². The molecule has 19 heavy (non-hydrogen) atoms. The SMILES string of the molecule is CCOc1cc(N)cc(Sc2cc(F)ccc2F)c1. The minimum atomic E-state index is -0.474. The predicted octanol–water partition coefficient (Wildman–Crippen LogP) is 4.10. The molecule has 2 N–H and O–H groups in total. The minimum Gasteiger partial charge on any atom is -0.494 e. The number of rotatable bonds is 4. The van der Waals surface area contributed by atoms with E-state index in [-0.39, 0.29) is 4.90 Å². The van der Waals surface area contributed by atoms with Crippen LogP contribution in [0, 0.1) is 11.6 Å². The van der Waals surface area contributed by atoms with Gasteiger partial charge >= 0.3 is 0 Å². The van der Waals surface area contributed by atoms with Gasteiger partial charge in [0.2, 0.25) is 0 Å². The standard InChI is InChI=1S/C14H13F2NOS/c1-2-18-11-6-10(17)7-12(8-11)19-14-5-9(15)3-4-13(14)16/h3-8H,2,17H2,1H3. The van der Waals surface area contributed by atoms with Crippen molar-refractivity contribution in [1.82, 2.24) is 0 Å². The van der Waals surface area contributed by atoms with Gasteiger partial charge in [-0.05, 0) is 37.3 Å². The fraction of sp³-hybridized carbons (Fsp3) is 0.143. The van der Waals surface area contributed by atoms with Crippen molar-refractivity contribution >= 4 is 17.4 Å². The Hall–Kier alpha value is -1.75. The fourth-order valence-electron chi connectivity index (χ4n) is 1.59. The average Bonchev–Trinajstić information content (AvgIpc) is 2.33. The molecule has 0 atom stereocenters. The van der Waals surface area contributed by atoms with E-state index in [4.69, 9.17) is 10.5 Å². The van der Waals surface area contributed by atoms with Gasteiger partial charge in [0.15, 0.2) is 0 Å². The van der Waals surface area contributed by atoms with Crippen LogP contribution in [0.3, 0.4) is 0 Å². The molecule has 0 bridgehead atoms. The van der Waals surface area contributed by atoms with E-state index >= 15 is 0 Å². The zero-order chi connectivity index (χ0) is 13.8. The van der Waals surface area contributed by atoms with Gasteiger partial charge in [-0.1, -0.05) is 11.8 Å². The topological polar surface area (TPSA) is 35.2 Å². The quantitative estimate of drug-likeness (QED) is 0.857. The molecule has 0 aliphatic rings. The smallest absolute Gasteiger partial charge is 0.137 e. The molecule has 0 aliphatic heterocycles. The van der Waals surface area contributed by atoms with Gasteiger partial charge in [-0.25, -0.2) is 8.78 Å². The number of hydrogen-bond donors (Lipinski definition) is 1. The molecule has 0 saturated carbocycles. The molecule has 2 nitrogen and oxygen atoms in total. The van der Waals surface area contributed by atoms with Crippen molar-refractivity contribution in [1.29, 1.82) is 0 Å². The van der Waals surface area contributed by atoms with E-state index in [2.05, 4.69) is 0 Å². The van der Waals surface area contributed by atoms with Gasteiger partial charge in [-0.2, -0.15) is 0 Å². The lowest BCUT2D eigenvalue weighted by atomic mass is 10.3. The summed E-state index contributed by atoms with van der Waals surface area (Å²) in [7, 11) is 0. The molecular formula is C14H13F2NOS. The van der Waals surface area contributed by atoms with Crippen LogP contribution in [-0.2, 0) is 0 Å². The lowest BCUT2D eigenvalue weighted by Crippen LogP contribution is -1.94. The first-order valence-corrected chi connectivity index (χ1v) is 6.56. The Kier molecular flexibility index (Phi) is 4.27. The Morgan fingerprint density at radius 1 is 1.16 bits per heavy atom. The summed E-state index contributed by atoms with van der Waals surface area (Å²) < 4.78 is 32.0. The normalized spacial score (nSPS) is 10.5. The van der Waals surface area contributed by atoms with Gasteiger partial charge in [-0.15, -0.1) is 0 Å². The molecule has 2 rings (SSSR count). The summed E-state index contributed by atoms with van der Waals surface area (Å²) >= 11 is 1.11. The summed E-state index contributed by atoms with van der Waals surface area (Å²) in [5.74, 6) is -0.327. The van der Waals surface area contributed by atoms with Gasteiger partial charge < -0.3 is 10.5 Å². The van der Waals surface area contributed by atoms with Gasteiger partial charge in [0.05, 0.1) is 11.5 Å². The first-order chi connectivity index (χ1) is 9.08. The molecule has 0 aromatic heterocycles. The maximum atomic E-state index is 13.6. The maximum Gasteiger partial charge on any atom is 0.137 e. The van der Waals surface area contributed by atoms with Crippen molar-refractivity contribution in [3.63, 3.8) is 0 Å². The Balaban J connectivity index is 2.29. The third-order valence-electron chi connectivity index (χ3n) is 2.33. The zero-order valence-electron chi connectivity index (χ0n) is 10.3. The summed E-state index contributed by atoms with van der Waals surface area (Å²) in [5.41, 5.74) is 6.27. The highest BCUT2D eigenvalue weighted by Crippen LogP contribution is 2.34. The molecule has 0 fully saturated rings. The zero-order valence-corrected chi connectivity index (χ0v) is 11.1. The number of anilines is 1. The van der Waals surface area contributed by atoms with E-state index in [1.807, 2.05) is 6.92 Å². The van der Waals surface area contributed by atoms with E-state index in [0.717, 1.165) is 30.0 Å². The molecule has 0 heterocycles. The molecule has 0 saturated heterocycles. The van der Waals surface area contributed by atoms with Crippen LogP contribution in [0.15, 0.2) is 46.2 Å². The molecule has 0 unspecified atom stereocenters. The lowest BCUT2D eigenvalue weighted by molar-refractivity contribution is 0.339. The highest BCUT2D eigenvalue weighted by Gasteiger charge is 2.08. The van der Waals surface area contributed by atoms with Gasteiger partial charge in [-0.3, -0.25) is 0 Å². The predicted molar refractivity (Wildman–Crippen MR) is 72.5 cm³/mol. The first kappa shape index (κ1) is 13.7. The molecule has 5 heteroatoms. The second-order valence-electron chi connectivity index (χ2n) is 3.85. The highest BCUT2D eigenvalue weighted by molar-refractivity contribution is 7.99. The molecule has 2 aromatic carbocycles. The lowest BCUT2D eigenvalue weighted by Gasteiger charge is -2.08. The van der Waals surface area contributed by atoms with Crippen LogP contribution in [0.4, 0.5) is 14.5 Å². The second-order valence-corrected chi connectivity index (χ2v) is 4.96. The molecule has 0 spiro atoms. The van der Waals surface area contributed by atoms with Crippen LogP contribution in [0.25, 0.3) is 0 Å². The minimum absolute atomic E-state index is 0.216. The Morgan fingerprint density at radius 2 is 1.95 bits per heavy atom. The summed E-state index contributed by atoms with van der Waals surface area (Å²) in [5, 5.41) is 0. The van der Waals surface area contributed by atoms with Crippen molar-refractivity contribution in [2.45, 2.75) is 16.7 Å². The van der Waals surface area contributed by atoms with Crippen molar-refractivity contribution < 1.29 is 13.5 Å². The van der Waals surface area contributed by atoms with Crippen LogP contribution < -0.4 is 10.5 Å². The molecule has 2 aromatic rings. The van der Waals surface area contributed by atoms with E-state index in [1.165, 1.54) is 0 Å². The summed E-state index contributed by atoms with van der Waals surface area (Å²) in [4.78, 5) is 0.918. The maximum absolute atomic E-state index is 13.6. The highest BCUT2D eigenvalue weighted by atomic mass is 32.2. The number of ether oxygens (including phenoxy) is 1. The van der Waals surface area contributed by atoms with Crippen LogP contribution >= 0.6 is 11.8 Å². The van der Waals surface area contributed by atoms with Crippen molar-refractivity contribution in [2.75, 3.05) is 12.3 Å². The van der Waals surface area contributed by atoms with Crippen molar-refractivity contribution in [2.24, 2.45) is 0 Å². The summed E-state index contributed by atoms with van der Waals surface area (Å²) in [6, 6.07) is 8.48. The average molecular weight is 281 g/mol. The van der Waals surface area contributed by atoms with Crippen LogP contribution in [0.2, 0.25) is 0 Å². The molecule has 100 valence electrons. The number of benzene rings is 2. The fourth-order valence-corrected chi connectivity index (χ4v) is 2.55. The second kappa shape index (κ2) is 5.93. The molecule has 0 aliphatic carbocycles. The van der Waals surface area contributed by atoms with Crippen molar-refractivity contribution in [3.05, 3.63) is 48.0 Å². The largest absolute Gasteiger partial charge is 0.494 e. The molecule has 0 amide bonds. The third-order valence-corrected chi connectivity index (χ3v) is 3.34. The number of nitrogens with two attached hydrogens (primary N) is 1. The van der Waals surface area contributed by atoms with Crippen molar-refractivity contribution in [3.8, 4) is 5.75 Å². The summed E-state index contributed by atoms with van der Waals surface area (Å²) in [6.07, 6.45) is 0. The van der Waals surface area contributed by atoms with Gasteiger partial charge in [0, 0.05) is 16.6 Å². The Labute approximate surface area is 114 Å². The first-order valence-electron chi connectivity index (χ1n) is 5.74. The van der Waals surface area contributed by atoms with E-state index in [0.29, 0.717) is 22.9 Å². The number of halogens is 2. The number of hydrogen-bond acceptors (Lipinski definition) is 3. The van der Waals surface area contributed by atoms with E-state index in [9.17, 15) is 8.78 Å². The summed E-state index contributed by atoms with van der Waals surface area (Å²) in [6.45, 7) is 2.38. The van der Waals surface area contributed by atoms with Crippen LogP contribution in [0.1, 0.15) is 6.92 Å². The van der Waals surface area contributed by atoms with Gasteiger partial charge in [0.1, 0.15) is 17.4 Å². The molecule has 0 radical (unpaired) electrons. The van der Waals surface area contributed by atoms with E-state index < -0.39 is 11.6 Å². The Bertz CT molecular complexity index is 590. The van der Waals surface area contributed by atoms with Crippen LogP contribution in [-0.4, -0.2) is 6.61 Å². The Morgan fingerprint density at radius 3 is 2.68 bits per heavy atom. The third kappa shape index (κ3) is 3.61. The monoisotopic (exact) mass is 281 g/mol. The van der Waals surface area contributed by atoms with E-state index in [1.54, 1.807) is 18.2 Å². The number of nitrogen functional groups attached to an aromatic ring is 1. The van der Waals surface area contributed by atoms with Crippen LogP contribution in [0.5, 0.6) is 5.75 Å².